The maximum atomic E-state index is 12.6. The molecule has 1 heterocycles. The highest BCUT2D eigenvalue weighted by Crippen LogP contribution is 2.43. The van der Waals surface area contributed by atoms with E-state index in [0.717, 1.165) is 0 Å². The fraction of sp³-hybridized carbons (Fsp3) is 0.444. The van der Waals surface area contributed by atoms with Gasteiger partial charge in [0.25, 0.3) is 0 Å². The summed E-state index contributed by atoms with van der Waals surface area (Å²) < 4.78 is 16.1. The van der Waals surface area contributed by atoms with Crippen molar-refractivity contribution in [3.05, 3.63) is 35.0 Å². The van der Waals surface area contributed by atoms with Crippen molar-refractivity contribution in [2.24, 2.45) is 0 Å². The van der Waals surface area contributed by atoms with Crippen LogP contribution >= 0.6 is 0 Å². The molecule has 1 aliphatic heterocycles. The number of methoxy groups -OCH3 is 2. The first-order valence-electron chi connectivity index (χ1n) is 7.98. The highest BCUT2D eigenvalue weighted by atomic mass is 16.5. The average Bonchev–Trinajstić information content (AvgIpc) is 2.62. The van der Waals surface area contributed by atoms with E-state index in [4.69, 9.17) is 14.2 Å². The van der Waals surface area contributed by atoms with Crippen molar-refractivity contribution in [2.75, 3.05) is 34.9 Å². The molecule has 0 fully saturated rings. The molecular formula is C18H24N2O5. The lowest BCUT2D eigenvalue weighted by atomic mass is 9.92. The van der Waals surface area contributed by atoms with E-state index < -0.39 is 12.0 Å². The Balaban J connectivity index is 2.71. The molecule has 1 atom stereocenters. The Labute approximate surface area is 147 Å². The molecule has 0 saturated heterocycles. The molecule has 0 unspecified atom stereocenters. The Morgan fingerprint density at radius 3 is 2.44 bits per heavy atom. The molecule has 0 radical (unpaired) electrons. The third-order valence-corrected chi connectivity index (χ3v) is 4.37. The number of allylic oxidation sites excluding steroid dienone is 1. The third-order valence-electron chi connectivity index (χ3n) is 4.37. The number of carbonyl (C=O) groups is 2. The van der Waals surface area contributed by atoms with E-state index in [1.807, 2.05) is 6.07 Å². The molecule has 0 spiro atoms. The van der Waals surface area contributed by atoms with Crippen LogP contribution in [0.2, 0.25) is 0 Å². The summed E-state index contributed by atoms with van der Waals surface area (Å²) in [6, 6.07) is 4.52. The smallest absolute Gasteiger partial charge is 0.338 e. The van der Waals surface area contributed by atoms with Crippen LogP contribution < -0.4 is 9.47 Å². The number of rotatable bonds is 5. The number of urea groups is 1. The number of likely N-dealkylation sites (N-methyl/N-ethyl adjacent to an activating group) is 1. The Morgan fingerprint density at radius 2 is 1.88 bits per heavy atom. The number of ether oxygens (including phenoxy) is 3. The predicted octanol–water partition coefficient (Wildman–Crippen LogP) is 2.58. The van der Waals surface area contributed by atoms with E-state index in [9.17, 15) is 9.59 Å². The van der Waals surface area contributed by atoms with Crippen molar-refractivity contribution in [1.29, 1.82) is 0 Å². The number of para-hydroxylation sites is 1. The average molecular weight is 348 g/mol. The first-order chi connectivity index (χ1) is 11.9. The molecule has 0 aliphatic carbocycles. The first-order valence-corrected chi connectivity index (χ1v) is 7.98. The van der Waals surface area contributed by atoms with Crippen LogP contribution in [0.15, 0.2) is 29.5 Å². The van der Waals surface area contributed by atoms with Gasteiger partial charge in [0.15, 0.2) is 11.5 Å². The van der Waals surface area contributed by atoms with Gasteiger partial charge in [-0.25, -0.2) is 9.59 Å². The summed E-state index contributed by atoms with van der Waals surface area (Å²) >= 11 is 0. The molecule has 2 rings (SSSR count). The molecular weight excluding hydrogens is 324 g/mol. The lowest BCUT2D eigenvalue weighted by Gasteiger charge is -2.39. The van der Waals surface area contributed by atoms with Gasteiger partial charge in [0.1, 0.15) is 0 Å². The van der Waals surface area contributed by atoms with Gasteiger partial charge in [-0.1, -0.05) is 12.1 Å². The van der Waals surface area contributed by atoms with Gasteiger partial charge in [0.05, 0.1) is 32.4 Å². The van der Waals surface area contributed by atoms with Crippen LogP contribution in [0.3, 0.4) is 0 Å². The summed E-state index contributed by atoms with van der Waals surface area (Å²) in [5.41, 5.74) is 1.61. The summed E-state index contributed by atoms with van der Waals surface area (Å²) in [5, 5.41) is 0. The molecule has 1 aromatic carbocycles. The molecule has 2 amide bonds. The number of carbonyl (C=O) groups excluding carboxylic acids is 2. The minimum Gasteiger partial charge on any atom is -0.493 e. The fourth-order valence-corrected chi connectivity index (χ4v) is 3.02. The second-order valence-electron chi connectivity index (χ2n) is 5.66. The van der Waals surface area contributed by atoms with Gasteiger partial charge in [0, 0.05) is 25.4 Å². The van der Waals surface area contributed by atoms with E-state index in [-0.39, 0.29) is 12.6 Å². The molecule has 0 saturated carbocycles. The van der Waals surface area contributed by atoms with Crippen LogP contribution in [-0.4, -0.2) is 56.7 Å². The zero-order valence-corrected chi connectivity index (χ0v) is 15.5. The molecule has 1 aliphatic rings. The Kier molecular flexibility index (Phi) is 5.56. The van der Waals surface area contributed by atoms with Gasteiger partial charge in [-0.05, 0) is 19.9 Å². The summed E-state index contributed by atoms with van der Waals surface area (Å²) in [4.78, 5) is 28.2. The van der Waals surface area contributed by atoms with Crippen molar-refractivity contribution in [1.82, 2.24) is 9.80 Å². The largest absolute Gasteiger partial charge is 0.493 e. The number of benzene rings is 1. The molecule has 7 nitrogen and oxygen atoms in total. The first kappa shape index (κ1) is 18.6. The van der Waals surface area contributed by atoms with E-state index in [0.29, 0.717) is 28.3 Å². The van der Waals surface area contributed by atoms with Crippen LogP contribution in [0.1, 0.15) is 25.5 Å². The third kappa shape index (κ3) is 3.14. The highest BCUT2D eigenvalue weighted by Gasteiger charge is 2.40. The van der Waals surface area contributed by atoms with Crippen molar-refractivity contribution in [3.63, 3.8) is 0 Å². The standard InChI is InChI=1S/C18H24N2O5/c1-7-25-17(21)14-11(2)19(3)18(22)20(4)15(14)12-9-8-10-13(23-5)16(12)24-6/h8-10,15H,7H2,1-6H3/t15-/m0/s1. The van der Waals surface area contributed by atoms with Crippen LogP contribution in [0.4, 0.5) is 4.79 Å². The van der Waals surface area contributed by atoms with Crippen molar-refractivity contribution < 1.29 is 23.8 Å². The molecule has 1 aromatic rings. The monoisotopic (exact) mass is 348 g/mol. The zero-order valence-electron chi connectivity index (χ0n) is 15.5. The van der Waals surface area contributed by atoms with E-state index in [2.05, 4.69) is 0 Å². The predicted molar refractivity (Wildman–Crippen MR) is 92.5 cm³/mol. The van der Waals surface area contributed by atoms with E-state index in [1.54, 1.807) is 47.2 Å². The van der Waals surface area contributed by atoms with E-state index >= 15 is 0 Å². The summed E-state index contributed by atoms with van der Waals surface area (Å²) in [5.74, 6) is 0.551. The van der Waals surface area contributed by atoms with Crippen molar-refractivity contribution >= 4 is 12.0 Å². The normalized spacial score (nSPS) is 17.7. The molecule has 136 valence electrons. The number of nitrogens with zero attached hydrogens (tertiary/aromatic N) is 2. The Bertz CT molecular complexity index is 713. The SMILES string of the molecule is CCOC(=O)C1=C(C)N(C)C(=O)N(C)[C@H]1c1cccc(OC)c1OC. The quantitative estimate of drug-likeness (QED) is 0.765. The zero-order chi connectivity index (χ0) is 18.7. The Hall–Kier alpha value is -2.70. The Morgan fingerprint density at radius 1 is 1.20 bits per heavy atom. The van der Waals surface area contributed by atoms with Gasteiger partial charge in [-0.15, -0.1) is 0 Å². The molecule has 0 N–H and O–H groups in total. The highest BCUT2D eigenvalue weighted by molar-refractivity contribution is 5.95. The summed E-state index contributed by atoms with van der Waals surface area (Å²) in [6.45, 7) is 3.73. The molecule has 0 aromatic heterocycles. The second-order valence-corrected chi connectivity index (χ2v) is 5.66. The summed E-state index contributed by atoms with van der Waals surface area (Å²) in [7, 11) is 6.34. The lowest BCUT2D eigenvalue weighted by Crippen LogP contribution is -2.47. The number of hydrogen-bond donors (Lipinski definition) is 0. The van der Waals surface area contributed by atoms with Crippen molar-refractivity contribution in [3.8, 4) is 11.5 Å². The fourth-order valence-electron chi connectivity index (χ4n) is 3.02. The van der Waals surface area contributed by atoms with Gasteiger partial charge in [-0.3, -0.25) is 0 Å². The number of esters is 1. The van der Waals surface area contributed by atoms with Crippen LogP contribution in [-0.2, 0) is 9.53 Å². The topological polar surface area (TPSA) is 68.3 Å². The number of hydrogen-bond acceptors (Lipinski definition) is 5. The van der Waals surface area contributed by atoms with Crippen molar-refractivity contribution in [2.45, 2.75) is 19.9 Å². The van der Waals surface area contributed by atoms with Gasteiger partial charge in [-0.2, -0.15) is 0 Å². The van der Waals surface area contributed by atoms with Gasteiger partial charge < -0.3 is 24.0 Å². The maximum absolute atomic E-state index is 12.6. The van der Waals surface area contributed by atoms with Gasteiger partial charge >= 0.3 is 12.0 Å². The molecule has 0 bridgehead atoms. The summed E-state index contributed by atoms with van der Waals surface area (Å²) in [6.07, 6.45) is 0. The minimum absolute atomic E-state index is 0.222. The van der Waals surface area contributed by atoms with E-state index in [1.165, 1.54) is 16.9 Å². The van der Waals surface area contributed by atoms with Crippen LogP contribution in [0.5, 0.6) is 11.5 Å². The number of amides is 2. The molecule has 7 heteroatoms. The lowest BCUT2D eigenvalue weighted by molar-refractivity contribution is -0.139. The maximum Gasteiger partial charge on any atom is 0.338 e. The van der Waals surface area contributed by atoms with Crippen LogP contribution in [0.25, 0.3) is 0 Å². The minimum atomic E-state index is -0.632. The van der Waals surface area contributed by atoms with Gasteiger partial charge in [0.2, 0.25) is 0 Å². The molecule has 25 heavy (non-hydrogen) atoms. The second kappa shape index (κ2) is 7.46. The van der Waals surface area contributed by atoms with Crippen LogP contribution in [0, 0.1) is 0 Å².